The van der Waals surface area contributed by atoms with Crippen LogP contribution in [0.25, 0.3) is 11.3 Å². The smallest absolute Gasteiger partial charge is 0.210 e. The monoisotopic (exact) mass is 535 g/mol. The number of amides is 1. The lowest BCUT2D eigenvalue weighted by atomic mass is 10.1. The van der Waals surface area contributed by atoms with Gasteiger partial charge in [-0.1, -0.05) is 17.3 Å². The van der Waals surface area contributed by atoms with E-state index in [0.29, 0.717) is 40.0 Å². The fourth-order valence-corrected chi connectivity index (χ4v) is 4.77. The molecule has 30 heavy (non-hydrogen) atoms. The first kappa shape index (κ1) is 20.7. The third kappa shape index (κ3) is 3.91. The van der Waals surface area contributed by atoms with Crippen molar-refractivity contribution in [3.05, 3.63) is 57.1 Å². The molecule has 156 valence electrons. The number of aromatic hydroxyl groups is 1. The molecule has 4 rings (SSSR count). The Hall–Kier alpha value is -2.52. The summed E-state index contributed by atoms with van der Waals surface area (Å²) in [5.74, 6) is 1.45. The van der Waals surface area contributed by atoms with Crippen LogP contribution in [0.5, 0.6) is 11.5 Å². The lowest BCUT2D eigenvalue weighted by molar-refractivity contribution is -0.120. The van der Waals surface area contributed by atoms with E-state index in [2.05, 4.69) is 41.9 Å². The third-order valence-corrected chi connectivity index (χ3v) is 6.36. The number of rotatable bonds is 5. The van der Waals surface area contributed by atoms with Crippen LogP contribution in [-0.2, 0) is 4.79 Å². The Morgan fingerprint density at radius 3 is 2.63 bits per heavy atom. The molecule has 1 unspecified atom stereocenters. The number of para-hydroxylation sites is 2. The number of phenolic OH excluding ortho intramolecular Hbond substituents is 1. The van der Waals surface area contributed by atoms with Gasteiger partial charge in [-0.3, -0.25) is 4.79 Å². The number of anilines is 1. The number of ether oxygens (including phenoxy) is 1. The predicted octanol–water partition coefficient (Wildman–Crippen LogP) is 4.60. The van der Waals surface area contributed by atoms with E-state index in [4.69, 9.17) is 9.26 Å². The molecular weight excluding hydrogens is 518 g/mol. The zero-order valence-electron chi connectivity index (χ0n) is 16.1. The summed E-state index contributed by atoms with van der Waals surface area (Å²) in [6.45, 7) is 1.82. The fourth-order valence-electron chi connectivity index (χ4n) is 3.59. The Morgan fingerprint density at radius 2 is 1.93 bits per heavy atom. The van der Waals surface area contributed by atoms with Crippen molar-refractivity contribution in [2.24, 2.45) is 0 Å². The third-order valence-electron chi connectivity index (χ3n) is 5.15. The Kier molecular flexibility index (Phi) is 6.01. The van der Waals surface area contributed by atoms with Crippen LogP contribution in [0.3, 0.4) is 0 Å². The summed E-state index contributed by atoms with van der Waals surface area (Å²) in [5.41, 5.74) is 2.39. The van der Waals surface area contributed by atoms with Crippen molar-refractivity contribution in [3.63, 3.8) is 0 Å². The average Bonchev–Trinajstić information content (AvgIpc) is 3.27. The number of benzene rings is 2. The zero-order chi connectivity index (χ0) is 21.3. The number of carbonyl (C=O) groups is 1. The molecule has 2 heterocycles. The molecule has 1 N–H and O–H groups in total. The molecule has 0 saturated carbocycles. The van der Waals surface area contributed by atoms with Gasteiger partial charge in [-0.2, -0.15) is 0 Å². The van der Waals surface area contributed by atoms with Crippen LogP contribution in [0.4, 0.5) is 5.69 Å². The minimum absolute atomic E-state index is 0.116. The molecule has 0 radical (unpaired) electrons. The van der Waals surface area contributed by atoms with Crippen molar-refractivity contribution in [1.29, 1.82) is 0 Å². The van der Waals surface area contributed by atoms with Crippen molar-refractivity contribution >= 4 is 44.0 Å². The molecule has 9 heteroatoms. The van der Waals surface area contributed by atoms with E-state index in [1.165, 1.54) is 0 Å². The van der Waals surface area contributed by atoms with E-state index < -0.39 is 0 Å². The van der Waals surface area contributed by atoms with Crippen molar-refractivity contribution < 1.29 is 19.2 Å². The van der Waals surface area contributed by atoms with Gasteiger partial charge in [0.2, 0.25) is 6.41 Å². The largest absolute Gasteiger partial charge is 0.506 e. The number of hydrogen-bond acceptors (Lipinski definition) is 6. The van der Waals surface area contributed by atoms with Crippen LogP contribution in [0, 0.1) is 0 Å². The summed E-state index contributed by atoms with van der Waals surface area (Å²) in [6.07, 6.45) is 0.853. The summed E-state index contributed by atoms with van der Waals surface area (Å²) in [4.78, 5) is 15.6. The minimum atomic E-state index is -0.261. The molecule has 1 aliphatic rings. The molecule has 1 saturated heterocycles. The number of halogens is 2. The molecule has 0 bridgehead atoms. The lowest BCUT2D eigenvalue weighted by Crippen LogP contribution is -2.48. The second kappa shape index (κ2) is 8.69. The molecule has 1 aromatic heterocycles. The number of hydrogen-bond donors (Lipinski definition) is 1. The normalized spacial score (nSPS) is 16.6. The Bertz CT molecular complexity index is 1050. The van der Waals surface area contributed by atoms with Crippen LogP contribution in [0.2, 0.25) is 0 Å². The van der Waals surface area contributed by atoms with Gasteiger partial charge in [0.1, 0.15) is 17.2 Å². The number of nitrogens with zero attached hydrogens (tertiary/aromatic N) is 3. The van der Waals surface area contributed by atoms with E-state index in [0.717, 1.165) is 23.4 Å². The second-order valence-corrected chi connectivity index (χ2v) is 8.59. The molecule has 7 nitrogen and oxygen atoms in total. The number of piperazine rings is 1. The maximum absolute atomic E-state index is 11.7. The molecule has 1 fully saturated rings. The van der Waals surface area contributed by atoms with Crippen molar-refractivity contribution in [1.82, 2.24) is 10.1 Å². The number of aromatic nitrogens is 1. The van der Waals surface area contributed by atoms with E-state index >= 15 is 0 Å². The summed E-state index contributed by atoms with van der Waals surface area (Å²) >= 11 is 6.66. The van der Waals surface area contributed by atoms with E-state index in [1.807, 2.05) is 30.3 Å². The highest BCUT2D eigenvalue weighted by Crippen LogP contribution is 2.38. The Balaban J connectivity index is 1.64. The Labute approximate surface area is 190 Å². The minimum Gasteiger partial charge on any atom is -0.506 e. The highest BCUT2D eigenvalue weighted by atomic mass is 79.9. The van der Waals surface area contributed by atoms with Gasteiger partial charge >= 0.3 is 0 Å². The Morgan fingerprint density at radius 1 is 1.20 bits per heavy atom. The van der Waals surface area contributed by atoms with E-state index in [1.54, 1.807) is 24.1 Å². The molecule has 1 aliphatic heterocycles. The van der Waals surface area contributed by atoms with Gasteiger partial charge < -0.3 is 24.2 Å². The summed E-state index contributed by atoms with van der Waals surface area (Å²) < 4.78 is 12.2. The first-order valence-electron chi connectivity index (χ1n) is 9.25. The highest BCUT2D eigenvalue weighted by Gasteiger charge is 2.31. The van der Waals surface area contributed by atoms with Gasteiger partial charge in [0.15, 0.2) is 5.76 Å². The molecule has 0 aliphatic carbocycles. The predicted molar refractivity (Wildman–Crippen MR) is 120 cm³/mol. The van der Waals surface area contributed by atoms with Crippen LogP contribution >= 0.6 is 31.9 Å². The number of methoxy groups -OCH3 is 1. The lowest BCUT2D eigenvalue weighted by Gasteiger charge is -2.40. The number of carbonyl (C=O) groups excluding carboxylic acids is 1. The summed E-state index contributed by atoms with van der Waals surface area (Å²) in [6, 6.07) is 12.9. The van der Waals surface area contributed by atoms with Crippen LogP contribution < -0.4 is 9.64 Å². The molecule has 2 aromatic carbocycles. The van der Waals surface area contributed by atoms with Gasteiger partial charge in [-0.15, -0.1) is 0 Å². The first-order chi connectivity index (χ1) is 14.5. The van der Waals surface area contributed by atoms with Gasteiger partial charge in [0, 0.05) is 31.3 Å². The number of phenols is 1. The van der Waals surface area contributed by atoms with Crippen LogP contribution in [-0.4, -0.2) is 48.3 Å². The standard InChI is InChI=1S/C21H19Br2N3O4/c1-29-19-5-3-2-4-17(19)25-6-7-26(12-27)18(11-25)16-10-20(30-24-16)13-8-14(22)21(28)15(23)9-13/h2-5,8-10,12,18,28H,6-7,11H2,1H3. The average molecular weight is 537 g/mol. The molecule has 1 atom stereocenters. The first-order valence-corrected chi connectivity index (χ1v) is 10.8. The fraction of sp³-hybridized carbons (Fsp3) is 0.238. The zero-order valence-corrected chi connectivity index (χ0v) is 19.3. The molecule has 1 amide bonds. The van der Waals surface area contributed by atoms with Gasteiger partial charge in [-0.25, -0.2) is 0 Å². The topological polar surface area (TPSA) is 79.0 Å². The van der Waals surface area contributed by atoms with Gasteiger partial charge in [0.05, 0.1) is 27.8 Å². The summed E-state index contributed by atoms with van der Waals surface area (Å²) in [7, 11) is 1.65. The van der Waals surface area contributed by atoms with Crippen LogP contribution in [0.15, 0.2) is 55.9 Å². The van der Waals surface area contributed by atoms with E-state index in [-0.39, 0.29) is 11.8 Å². The van der Waals surface area contributed by atoms with Gasteiger partial charge in [0.25, 0.3) is 0 Å². The summed E-state index contributed by atoms with van der Waals surface area (Å²) in [5, 5.41) is 14.2. The maximum Gasteiger partial charge on any atom is 0.210 e. The molecule has 3 aromatic rings. The second-order valence-electron chi connectivity index (χ2n) is 6.88. The maximum atomic E-state index is 11.7. The van der Waals surface area contributed by atoms with Crippen molar-refractivity contribution in [3.8, 4) is 22.8 Å². The molecular formula is C21H19Br2N3O4. The quantitative estimate of drug-likeness (QED) is 0.480. The van der Waals surface area contributed by atoms with Gasteiger partial charge in [-0.05, 0) is 56.1 Å². The molecule has 0 spiro atoms. The van der Waals surface area contributed by atoms with Crippen molar-refractivity contribution in [2.75, 3.05) is 31.6 Å². The van der Waals surface area contributed by atoms with E-state index in [9.17, 15) is 9.90 Å². The van der Waals surface area contributed by atoms with Crippen LogP contribution in [0.1, 0.15) is 11.7 Å². The van der Waals surface area contributed by atoms with Crippen molar-refractivity contribution in [2.45, 2.75) is 6.04 Å². The SMILES string of the molecule is COc1ccccc1N1CCN(C=O)C(c2cc(-c3cc(Br)c(O)c(Br)c3)on2)C1. The highest BCUT2D eigenvalue weighted by molar-refractivity contribution is 9.11.